The Hall–Kier alpha value is -4.19. The maximum atomic E-state index is 13.0. The van der Waals surface area contributed by atoms with Crippen molar-refractivity contribution in [1.29, 1.82) is 0 Å². The zero-order valence-corrected chi connectivity index (χ0v) is 20.8. The summed E-state index contributed by atoms with van der Waals surface area (Å²) in [7, 11) is 0. The van der Waals surface area contributed by atoms with Gasteiger partial charge in [-0.25, -0.2) is 4.98 Å². The first-order valence-corrected chi connectivity index (χ1v) is 12.2. The number of pyridine rings is 1. The first kappa shape index (κ1) is 25.9. The number of rotatable bonds is 7. The molecule has 1 aliphatic rings. The molecule has 0 aliphatic carbocycles. The fourth-order valence-corrected chi connectivity index (χ4v) is 3.96. The van der Waals surface area contributed by atoms with Crippen molar-refractivity contribution in [3.63, 3.8) is 0 Å². The van der Waals surface area contributed by atoms with E-state index in [0.717, 1.165) is 31.5 Å². The lowest BCUT2D eigenvalue weighted by Crippen LogP contribution is -2.31. The van der Waals surface area contributed by atoms with Crippen molar-refractivity contribution in [2.24, 2.45) is 11.0 Å². The van der Waals surface area contributed by atoms with E-state index in [-0.39, 0.29) is 18.1 Å². The molecule has 3 N–H and O–H groups in total. The van der Waals surface area contributed by atoms with Gasteiger partial charge in [-0.3, -0.25) is 14.6 Å². The zero-order valence-electron chi connectivity index (χ0n) is 20.0. The molecule has 8 nitrogen and oxygen atoms in total. The Morgan fingerprint density at radius 2 is 1.86 bits per heavy atom. The van der Waals surface area contributed by atoms with E-state index in [1.807, 2.05) is 5.01 Å². The third-order valence-corrected chi connectivity index (χ3v) is 6.26. The van der Waals surface area contributed by atoms with E-state index in [1.165, 1.54) is 12.3 Å². The molecule has 1 saturated heterocycles. The first-order chi connectivity index (χ1) is 17.9. The van der Waals surface area contributed by atoms with Crippen molar-refractivity contribution in [3.05, 3.63) is 88.1 Å². The van der Waals surface area contributed by atoms with Gasteiger partial charge in [0, 0.05) is 37.0 Å². The van der Waals surface area contributed by atoms with Crippen molar-refractivity contribution in [2.45, 2.75) is 12.8 Å². The van der Waals surface area contributed by atoms with Gasteiger partial charge in [0.2, 0.25) is 0 Å². The maximum Gasteiger partial charge on any atom is 0.258 e. The van der Waals surface area contributed by atoms with Crippen molar-refractivity contribution < 1.29 is 14.7 Å². The summed E-state index contributed by atoms with van der Waals surface area (Å²) < 4.78 is 0. The summed E-state index contributed by atoms with van der Waals surface area (Å²) in [6.45, 7) is 1.84. The molecule has 0 spiro atoms. The Balaban J connectivity index is 1.43. The van der Waals surface area contributed by atoms with Gasteiger partial charge < -0.3 is 15.7 Å². The van der Waals surface area contributed by atoms with E-state index in [2.05, 4.69) is 26.6 Å². The van der Waals surface area contributed by atoms with E-state index in [9.17, 15) is 14.7 Å². The molecule has 0 bridgehead atoms. The fourth-order valence-electron chi connectivity index (χ4n) is 3.85. The Kier molecular flexibility index (Phi) is 8.52. The number of hydrazone groups is 1. The van der Waals surface area contributed by atoms with Crippen LogP contribution in [0.5, 0.6) is 0 Å². The van der Waals surface area contributed by atoms with Gasteiger partial charge in [0.05, 0.1) is 22.5 Å². The Bertz CT molecular complexity index is 1330. The van der Waals surface area contributed by atoms with Crippen molar-refractivity contribution in [1.82, 2.24) is 9.99 Å². The summed E-state index contributed by atoms with van der Waals surface area (Å²) in [5.41, 5.74) is 2.29. The van der Waals surface area contributed by atoms with Gasteiger partial charge in [0.15, 0.2) is 0 Å². The van der Waals surface area contributed by atoms with E-state index in [1.54, 1.807) is 54.7 Å². The minimum Gasteiger partial charge on any atom is -0.396 e. The standard InChI is InChI=1S/C28H26ClN5O3/c1-2-19-5-9-25(24(15-19)28(37)33-26-10-8-23(29)17-30-26)32-27(36)22-6-3-20(4-7-22)16-31-34-13-11-21(18-35)12-14-34/h1,3-10,15-17,21,35H,11-14,18H2,(H,32,36)(H,30,33,37). The monoisotopic (exact) mass is 515 g/mol. The summed E-state index contributed by atoms with van der Waals surface area (Å²) in [5, 5.41) is 21.7. The highest BCUT2D eigenvalue weighted by Gasteiger charge is 2.18. The minimum absolute atomic E-state index is 0.203. The van der Waals surface area contributed by atoms with Gasteiger partial charge in [-0.05, 0) is 66.8 Å². The molecular formula is C28H26ClN5O3. The van der Waals surface area contributed by atoms with Gasteiger partial charge in [0.25, 0.3) is 11.8 Å². The number of amides is 2. The molecule has 1 fully saturated rings. The number of nitrogens with one attached hydrogen (secondary N) is 2. The van der Waals surface area contributed by atoms with Crippen molar-refractivity contribution in [2.75, 3.05) is 30.3 Å². The van der Waals surface area contributed by atoms with Gasteiger partial charge >= 0.3 is 0 Å². The smallest absolute Gasteiger partial charge is 0.258 e. The number of hydrogen-bond acceptors (Lipinski definition) is 6. The quantitative estimate of drug-likeness (QED) is 0.322. The highest BCUT2D eigenvalue weighted by Crippen LogP contribution is 2.21. The second-order valence-electron chi connectivity index (χ2n) is 8.62. The molecule has 2 heterocycles. The van der Waals surface area contributed by atoms with E-state index < -0.39 is 5.91 Å². The Morgan fingerprint density at radius 1 is 1.11 bits per heavy atom. The normalized spacial score (nSPS) is 13.8. The third kappa shape index (κ3) is 6.94. The summed E-state index contributed by atoms with van der Waals surface area (Å²) in [5.74, 6) is 2.32. The molecule has 0 unspecified atom stereocenters. The van der Waals surface area contributed by atoms with Gasteiger partial charge in [-0.15, -0.1) is 6.42 Å². The number of terminal acetylenes is 1. The second kappa shape index (κ2) is 12.2. The van der Waals surface area contributed by atoms with Crippen LogP contribution in [0.3, 0.4) is 0 Å². The zero-order chi connectivity index (χ0) is 26.2. The van der Waals surface area contributed by atoms with Crippen LogP contribution < -0.4 is 10.6 Å². The first-order valence-electron chi connectivity index (χ1n) is 11.8. The van der Waals surface area contributed by atoms with Gasteiger partial charge in [-0.2, -0.15) is 5.10 Å². The lowest BCUT2D eigenvalue weighted by Gasteiger charge is -2.28. The average Bonchev–Trinajstić information content (AvgIpc) is 2.93. The molecular weight excluding hydrogens is 490 g/mol. The number of aromatic nitrogens is 1. The summed E-state index contributed by atoms with van der Waals surface area (Å²) in [6.07, 6.45) is 10.5. The number of aliphatic hydroxyl groups excluding tert-OH is 1. The molecule has 37 heavy (non-hydrogen) atoms. The van der Waals surface area contributed by atoms with Crippen molar-refractivity contribution in [3.8, 4) is 12.3 Å². The average molecular weight is 516 g/mol. The van der Waals surface area contributed by atoms with E-state index in [4.69, 9.17) is 18.0 Å². The summed E-state index contributed by atoms with van der Waals surface area (Å²) in [4.78, 5) is 30.0. The lowest BCUT2D eigenvalue weighted by molar-refractivity contribution is 0.102. The molecule has 4 rings (SSSR count). The van der Waals surface area contributed by atoms with E-state index >= 15 is 0 Å². The molecule has 0 saturated carbocycles. The number of hydrogen-bond donors (Lipinski definition) is 3. The predicted molar refractivity (Wildman–Crippen MR) is 145 cm³/mol. The number of carbonyl (C=O) groups is 2. The highest BCUT2D eigenvalue weighted by atomic mass is 35.5. The number of nitrogens with zero attached hydrogens (tertiary/aromatic N) is 3. The van der Waals surface area contributed by atoms with Crippen LogP contribution in [0.25, 0.3) is 0 Å². The molecule has 0 radical (unpaired) electrons. The fraction of sp³-hybridized carbons (Fsp3) is 0.214. The van der Waals surface area contributed by atoms with Crippen LogP contribution in [0.15, 0.2) is 65.9 Å². The SMILES string of the molecule is C#Cc1ccc(NC(=O)c2ccc(C=NN3CCC(CO)CC3)cc2)c(C(=O)Nc2ccc(Cl)cn2)c1. The molecule has 188 valence electrons. The van der Waals surface area contributed by atoms with Crippen LogP contribution in [0.1, 0.15) is 44.7 Å². The molecule has 2 amide bonds. The van der Waals surface area contributed by atoms with Crippen LogP contribution in [-0.2, 0) is 0 Å². The number of aliphatic hydroxyl groups is 1. The maximum absolute atomic E-state index is 13.0. The van der Waals surface area contributed by atoms with Crippen LogP contribution in [0.2, 0.25) is 5.02 Å². The van der Waals surface area contributed by atoms with Gasteiger partial charge in [-0.1, -0.05) is 29.7 Å². The van der Waals surface area contributed by atoms with Crippen molar-refractivity contribution >= 4 is 41.1 Å². The highest BCUT2D eigenvalue weighted by molar-refractivity contribution is 6.30. The molecule has 2 aromatic carbocycles. The van der Waals surface area contributed by atoms with Crippen LogP contribution >= 0.6 is 11.6 Å². The Labute approximate surface area is 220 Å². The molecule has 0 atom stereocenters. The number of halogens is 1. The molecule has 3 aromatic rings. The third-order valence-electron chi connectivity index (χ3n) is 6.04. The molecule has 9 heteroatoms. The number of carbonyl (C=O) groups excluding carboxylic acids is 2. The summed E-state index contributed by atoms with van der Waals surface area (Å²) in [6, 6.07) is 15.0. The van der Waals surface area contributed by atoms with Crippen LogP contribution in [0, 0.1) is 18.3 Å². The number of benzene rings is 2. The second-order valence-corrected chi connectivity index (χ2v) is 9.06. The Morgan fingerprint density at radius 3 is 2.51 bits per heavy atom. The molecule has 1 aliphatic heterocycles. The lowest BCUT2D eigenvalue weighted by atomic mass is 9.99. The van der Waals surface area contributed by atoms with Gasteiger partial charge in [0.1, 0.15) is 5.82 Å². The van der Waals surface area contributed by atoms with Crippen LogP contribution in [-0.4, -0.2) is 52.8 Å². The number of piperidine rings is 1. The topological polar surface area (TPSA) is 107 Å². The molecule has 1 aromatic heterocycles. The number of anilines is 2. The predicted octanol–water partition coefficient (Wildman–Crippen LogP) is 4.26. The van der Waals surface area contributed by atoms with Crippen LogP contribution in [0.4, 0.5) is 11.5 Å². The minimum atomic E-state index is -0.475. The summed E-state index contributed by atoms with van der Waals surface area (Å²) >= 11 is 5.86. The largest absolute Gasteiger partial charge is 0.396 e. The van der Waals surface area contributed by atoms with E-state index in [0.29, 0.717) is 33.6 Å².